The summed E-state index contributed by atoms with van der Waals surface area (Å²) in [4.78, 5) is 12.0. The van der Waals surface area contributed by atoms with E-state index in [1.807, 2.05) is 43.3 Å². The Kier molecular flexibility index (Phi) is 5.38. The van der Waals surface area contributed by atoms with E-state index in [1.54, 1.807) is 13.2 Å². The van der Waals surface area contributed by atoms with Crippen molar-refractivity contribution < 1.29 is 14.3 Å². The number of anilines is 1. The van der Waals surface area contributed by atoms with Crippen molar-refractivity contribution in [2.24, 2.45) is 5.73 Å². The highest BCUT2D eigenvalue weighted by Crippen LogP contribution is 2.27. The average molecular weight is 300 g/mol. The molecule has 0 fully saturated rings. The Morgan fingerprint density at radius 2 is 1.95 bits per heavy atom. The van der Waals surface area contributed by atoms with E-state index in [1.165, 1.54) is 0 Å². The van der Waals surface area contributed by atoms with Gasteiger partial charge < -0.3 is 20.5 Å². The zero-order valence-corrected chi connectivity index (χ0v) is 12.8. The zero-order valence-electron chi connectivity index (χ0n) is 12.8. The normalized spacial score (nSPS) is 10.1. The van der Waals surface area contributed by atoms with Gasteiger partial charge in [0.25, 0.3) is 5.91 Å². The predicted molar refractivity (Wildman–Crippen MR) is 86.2 cm³/mol. The first-order chi connectivity index (χ1) is 10.6. The van der Waals surface area contributed by atoms with Crippen LogP contribution in [0.2, 0.25) is 0 Å². The van der Waals surface area contributed by atoms with Gasteiger partial charge in [-0.25, -0.2) is 0 Å². The number of benzene rings is 2. The molecule has 0 unspecified atom stereocenters. The molecule has 22 heavy (non-hydrogen) atoms. The largest absolute Gasteiger partial charge is 0.493 e. The van der Waals surface area contributed by atoms with Crippen LogP contribution in [0.4, 0.5) is 5.69 Å². The second-order valence-electron chi connectivity index (χ2n) is 4.85. The zero-order chi connectivity index (χ0) is 15.9. The predicted octanol–water partition coefficient (Wildman–Crippen LogP) is 2.48. The van der Waals surface area contributed by atoms with E-state index in [4.69, 9.17) is 15.2 Å². The summed E-state index contributed by atoms with van der Waals surface area (Å²) >= 11 is 0. The van der Waals surface area contributed by atoms with Gasteiger partial charge in [-0.3, -0.25) is 4.79 Å². The first-order valence-corrected chi connectivity index (χ1v) is 6.99. The third-order valence-electron chi connectivity index (χ3n) is 3.19. The highest BCUT2D eigenvalue weighted by molar-refractivity contribution is 5.92. The molecule has 5 nitrogen and oxygen atoms in total. The van der Waals surface area contributed by atoms with E-state index < -0.39 is 0 Å². The molecule has 0 saturated carbocycles. The number of aryl methyl sites for hydroxylation is 1. The van der Waals surface area contributed by atoms with Crippen LogP contribution in [-0.2, 0) is 11.3 Å². The number of hydrogen-bond donors (Lipinski definition) is 2. The minimum Gasteiger partial charge on any atom is -0.493 e. The second-order valence-corrected chi connectivity index (χ2v) is 4.85. The number of carbonyl (C=O) groups excluding carboxylic acids is 1. The number of nitrogens with two attached hydrogens (primary N) is 1. The molecule has 0 aliphatic heterocycles. The number of nitrogens with one attached hydrogen (secondary N) is 1. The Morgan fingerprint density at radius 3 is 2.68 bits per heavy atom. The SMILES string of the molecule is COc1cc(C)ccc1OCC(=O)Nc1ccccc1CN. The van der Waals surface area contributed by atoms with Gasteiger partial charge in [-0.05, 0) is 36.2 Å². The van der Waals surface area contributed by atoms with Crippen molar-refractivity contribution >= 4 is 11.6 Å². The fourth-order valence-electron chi connectivity index (χ4n) is 2.04. The lowest BCUT2D eigenvalue weighted by atomic mass is 10.2. The van der Waals surface area contributed by atoms with Crippen LogP contribution in [-0.4, -0.2) is 19.6 Å². The van der Waals surface area contributed by atoms with Crippen LogP contribution in [0.25, 0.3) is 0 Å². The lowest BCUT2D eigenvalue weighted by molar-refractivity contribution is -0.118. The number of amides is 1. The molecular weight excluding hydrogens is 280 g/mol. The van der Waals surface area contributed by atoms with Gasteiger partial charge in [0.15, 0.2) is 18.1 Å². The Balaban J connectivity index is 1.98. The summed E-state index contributed by atoms with van der Waals surface area (Å²) in [7, 11) is 1.57. The highest BCUT2D eigenvalue weighted by Gasteiger charge is 2.09. The Bertz CT molecular complexity index is 656. The minimum absolute atomic E-state index is 0.0989. The van der Waals surface area contributed by atoms with Crippen molar-refractivity contribution in [3.05, 3.63) is 53.6 Å². The van der Waals surface area contributed by atoms with Crippen LogP contribution in [0.15, 0.2) is 42.5 Å². The third-order valence-corrected chi connectivity index (χ3v) is 3.19. The molecule has 0 radical (unpaired) electrons. The fraction of sp³-hybridized carbons (Fsp3) is 0.235. The van der Waals surface area contributed by atoms with E-state index in [0.29, 0.717) is 23.7 Å². The van der Waals surface area contributed by atoms with Gasteiger partial charge in [0.2, 0.25) is 0 Å². The average Bonchev–Trinajstić information content (AvgIpc) is 2.54. The summed E-state index contributed by atoms with van der Waals surface area (Å²) in [6.45, 7) is 2.23. The molecule has 1 amide bonds. The fourth-order valence-corrected chi connectivity index (χ4v) is 2.04. The maximum atomic E-state index is 12.0. The van der Waals surface area contributed by atoms with Crippen LogP contribution in [0.1, 0.15) is 11.1 Å². The molecule has 2 aromatic rings. The van der Waals surface area contributed by atoms with Crippen molar-refractivity contribution in [2.45, 2.75) is 13.5 Å². The first-order valence-electron chi connectivity index (χ1n) is 6.99. The second kappa shape index (κ2) is 7.47. The summed E-state index contributed by atoms with van der Waals surface area (Å²) < 4.78 is 10.8. The molecule has 0 aromatic heterocycles. The molecule has 0 bridgehead atoms. The van der Waals surface area contributed by atoms with Gasteiger partial charge in [0, 0.05) is 12.2 Å². The van der Waals surface area contributed by atoms with Crippen LogP contribution in [0, 0.1) is 6.92 Å². The number of carbonyl (C=O) groups is 1. The van der Waals surface area contributed by atoms with Crippen molar-refractivity contribution in [2.75, 3.05) is 19.0 Å². The highest BCUT2D eigenvalue weighted by atomic mass is 16.5. The number of ether oxygens (including phenoxy) is 2. The summed E-state index contributed by atoms with van der Waals surface area (Å²) in [5.74, 6) is 0.897. The molecule has 0 saturated heterocycles. The monoisotopic (exact) mass is 300 g/mol. The van der Waals surface area contributed by atoms with E-state index in [0.717, 1.165) is 11.1 Å². The first kappa shape index (κ1) is 15.9. The molecule has 0 spiro atoms. The Labute approximate surface area is 130 Å². The van der Waals surface area contributed by atoms with Crippen molar-refractivity contribution in [3.8, 4) is 11.5 Å². The Hall–Kier alpha value is -2.53. The number of methoxy groups -OCH3 is 1. The topological polar surface area (TPSA) is 73.6 Å². The van der Waals surface area contributed by atoms with Crippen molar-refractivity contribution in [1.29, 1.82) is 0 Å². The van der Waals surface area contributed by atoms with Gasteiger partial charge in [0.05, 0.1) is 7.11 Å². The molecule has 5 heteroatoms. The summed E-state index contributed by atoms with van der Waals surface area (Å²) in [5.41, 5.74) is 8.29. The molecular formula is C17H20N2O3. The summed E-state index contributed by atoms with van der Waals surface area (Å²) in [5, 5.41) is 2.80. The Morgan fingerprint density at radius 1 is 1.18 bits per heavy atom. The number of rotatable bonds is 6. The number of hydrogen-bond acceptors (Lipinski definition) is 4. The molecule has 0 atom stereocenters. The van der Waals surface area contributed by atoms with Crippen LogP contribution in [0.3, 0.4) is 0 Å². The standard InChI is InChI=1S/C17H20N2O3/c1-12-7-8-15(16(9-12)21-2)22-11-17(20)19-14-6-4-3-5-13(14)10-18/h3-9H,10-11,18H2,1-2H3,(H,19,20). The van der Waals surface area contributed by atoms with Gasteiger partial charge in [-0.15, -0.1) is 0 Å². The third kappa shape index (κ3) is 3.99. The number of para-hydroxylation sites is 1. The van der Waals surface area contributed by atoms with Crippen LogP contribution in [0.5, 0.6) is 11.5 Å². The van der Waals surface area contributed by atoms with Crippen molar-refractivity contribution in [3.63, 3.8) is 0 Å². The molecule has 0 aliphatic carbocycles. The van der Waals surface area contributed by atoms with Gasteiger partial charge in [0.1, 0.15) is 0 Å². The lowest BCUT2D eigenvalue weighted by Gasteiger charge is -2.12. The van der Waals surface area contributed by atoms with E-state index in [-0.39, 0.29) is 12.5 Å². The van der Waals surface area contributed by atoms with E-state index >= 15 is 0 Å². The molecule has 0 heterocycles. The maximum absolute atomic E-state index is 12.0. The smallest absolute Gasteiger partial charge is 0.262 e. The molecule has 0 aliphatic rings. The van der Waals surface area contributed by atoms with Crippen molar-refractivity contribution in [1.82, 2.24) is 0 Å². The molecule has 2 rings (SSSR count). The molecule has 2 aromatic carbocycles. The van der Waals surface area contributed by atoms with Gasteiger partial charge >= 0.3 is 0 Å². The maximum Gasteiger partial charge on any atom is 0.262 e. The van der Waals surface area contributed by atoms with Gasteiger partial charge in [-0.2, -0.15) is 0 Å². The van der Waals surface area contributed by atoms with Gasteiger partial charge in [-0.1, -0.05) is 24.3 Å². The van der Waals surface area contributed by atoms with Crippen LogP contribution < -0.4 is 20.5 Å². The van der Waals surface area contributed by atoms with E-state index in [9.17, 15) is 4.79 Å². The molecule has 116 valence electrons. The van der Waals surface area contributed by atoms with Crippen LogP contribution >= 0.6 is 0 Å². The quantitative estimate of drug-likeness (QED) is 0.859. The minimum atomic E-state index is -0.247. The molecule has 3 N–H and O–H groups in total. The lowest BCUT2D eigenvalue weighted by Crippen LogP contribution is -2.21. The summed E-state index contributed by atoms with van der Waals surface area (Å²) in [6, 6.07) is 13.0. The van der Waals surface area contributed by atoms with E-state index in [2.05, 4.69) is 5.32 Å². The summed E-state index contributed by atoms with van der Waals surface area (Å²) in [6.07, 6.45) is 0.